The van der Waals surface area contributed by atoms with Gasteiger partial charge in [0.05, 0.1) is 55.1 Å². The number of ether oxygens (including phenoxy) is 3. The van der Waals surface area contributed by atoms with Crippen molar-refractivity contribution in [3.05, 3.63) is 51.6 Å². The number of phenolic OH excluding ortho intramolecular Hbond substituents is 2. The maximum absolute atomic E-state index is 14.2. The first-order chi connectivity index (χ1) is 38.6. The van der Waals surface area contributed by atoms with Crippen molar-refractivity contribution >= 4 is 64.7 Å². The van der Waals surface area contributed by atoms with E-state index in [1.807, 2.05) is 0 Å². The average Bonchev–Trinajstić information content (AvgIpc) is 2.34. The smallest absolute Gasteiger partial charge is 0.303 e. The SMILES string of the molecule is COc1cccc2c1C(=O)c1c(O)c3c(c(O)c1C2=O)C[C@@](O)(C(=O)CO)C[C@@H]3O[C@H]1C[C@H](NC(=O)[C@H](CCC(=O)O)NC(=O)[C@H](CC(C)C)NC(=O)CNC(=O)[C@H](CC(C)C)NC(=O)[C@@H]2CCCN2C(=O)CNC(C)=O)[C@H](O)[C@H](C)O1. The number of carboxylic acids is 1. The Balaban J connectivity index is 1.16. The van der Waals surface area contributed by atoms with Crippen LogP contribution >= 0.6 is 0 Å². The van der Waals surface area contributed by atoms with E-state index in [0.717, 1.165) is 0 Å². The molecule has 2 aromatic carbocycles. The maximum atomic E-state index is 14.2. The van der Waals surface area contributed by atoms with E-state index in [9.17, 15) is 83.4 Å². The van der Waals surface area contributed by atoms with Crippen molar-refractivity contribution in [1.29, 1.82) is 0 Å². The number of hydrogen-bond donors (Lipinski definition) is 12. The molecule has 0 radical (unpaired) electrons. The molecule has 27 nitrogen and oxygen atoms in total. The molecule has 12 N–H and O–H groups in total. The summed E-state index contributed by atoms with van der Waals surface area (Å²) >= 11 is 0. The van der Waals surface area contributed by atoms with E-state index in [0.29, 0.717) is 12.8 Å². The van der Waals surface area contributed by atoms with Gasteiger partial charge in [-0.1, -0.05) is 39.8 Å². The van der Waals surface area contributed by atoms with Gasteiger partial charge in [-0.15, -0.1) is 0 Å². The number of aliphatic carboxylic acids is 1. The quantitative estimate of drug-likeness (QED) is 0.0469. The van der Waals surface area contributed by atoms with E-state index in [1.54, 1.807) is 27.7 Å². The molecule has 2 fully saturated rings. The van der Waals surface area contributed by atoms with Gasteiger partial charge >= 0.3 is 5.97 Å². The molecule has 4 aliphatic rings. The molecule has 6 rings (SSSR count). The highest BCUT2D eigenvalue weighted by Crippen LogP contribution is 2.52. The number of carboxylic acid groups (broad SMARTS) is 1. The van der Waals surface area contributed by atoms with Crippen LogP contribution in [0.2, 0.25) is 0 Å². The lowest BCUT2D eigenvalue weighted by Gasteiger charge is -2.43. The van der Waals surface area contributed by atoms with Crippen molar-refractivity contribution in [3.8, 4) is 17.2 Å². The fourth-order valence-corrected chi connectivity index (χ4v) is 10.8. The lowest BCUT2D eigenvalue weighted by molar-refractivity contribution is -0.249. The molecule has 2 aliphatic heterocycles. The summed E-state index contributed by atoms with van der Waals surface area (Å²) in [5, 5.41) is 81.6. The summed E-state index contributed by atoms with van der Waals surface area (Å²) in [5.74, 6) is -11.4. The van der Waals surface area contributed by atoms with Gasteiger partial charge in [-0.05, 0) is 56.9 Å². The standard InChI is InChI=1S/C55H73N7O20/c1-24(2)16-32(61-54(78)34-11-9-15-62(34)39(67)22-56-27(6)64)51(75)57-21-38(66)58-33(17-25(3)4)53(77)59-30(13-14-40(68)69)52(76)60-31-18-41(81-26(5)46(31)70)82-36-20-55(79,37(65)23-63)19-29-43(36)50(74)45-44(48(29)72)47(71)28-10-8-12-35(80-7)42(28)49(45)73/h8,10,12,24-26,30-34,36,41,46,63,70,72,74,79H,9,11,13-23H2,1-7H3,(H,56,64)(H,57,75)(H,58,66)(H,59,77)(H,60,76)(H,61,78)(H,68,69)/t26-,30-,31-,32-,33-,34-,36-,41-,46+,55-/m0/s1. The third-order valence-corrected chi connectivity index (χ3v) is 14.9. The molecule has 7 amide bonds. The molecule has 0 spiro atoms. The van der Waals surface area contributed by atoms with Crippen LogP contribution in [0.3, 0.4) is 0 Å². The molecule has 2 heterocycles. The van der Waals surface area contributed by atoms with Crippen LogP contribution in [0.25, 0.3) is 0 Å². The molecule has 0 saturated carbocycles. The van der Waals surface area contributed by atoms with Gasteiger partial charge in [-0.25, -0.2) is 0 Å². The Morgan fingerprint density at radius 1 is 0.841 bits per heavy atom. The van der Waals surface area contributed by atoms with E-state index in [-0.39, 0.29) is 65.8 Å². The summed E-state index contributed by atoms with van der Waals surface area (Å²) in [7, 11) is 1.26. The highest BCUT2D eigenvalue weighted by atomic mass is 16.7. The third kappa shape index (κ3) is 14.5. The van der Waals surface area contributed by atoms with Crippen LogP contribution in [0, 0.1) is 11.8 Å². The lowest BCUT2D eigenvalue weighted by atomic mass is 9.72. The zero-order valence-electron chi connectivity index (χ0n) is 46.6. The number of aliphatic hydroxyl groups excluding tert-OH is 2. The third-order valence-electron chi connectivity index (χ3n) is 14.9. The molecule has 448 valence electrons. The Kier molecular flexibility index (Phi) is 20.9. The number of hydrogen-bond acceptors (Lipinski definition) is 19. The Morgan fingerprint density at radius 3 is 2.12 bits per heavy atom. The van der Waals surface area contributed by atoms with Crippen molar-refractivity contribution in [2.45, 2.75) is 160 Å². The number of Topliss-reactive ketones (excluding diaryl/α,β-unsaturated/α-hetero) is 1. The van der Waals surface area contributed by atoms with Crippen molar-refractivity contribution in [1.82, 2.24) is 36.8 Å². The fourth-order valence-electron chi connectivity index (χ4n) is 10.8. The number of carbonyl (C=O) groups excluding carboxylic acids is 10. The second-order valence-corrected chi connectivity index (χ2v) is 21.9. The molecular weight excluding hydrogens is 1080 g/mol. The number of carbonyl (C=O) groups is 11. The summed E-state index contributed by atoms with van der Waals surface area (Å²) in [5.41, 5.74) is -4.81. The van der Waals surface area contributed by atoms with Crippen LogP contribution in [0.4, 0.5) is 0 Å². The second kappa shape index (κ2) is 27.0. The van der Waals surface area contributed by atoms with Crippen molar-refractivity contribution in [2.24, 2.45) is 11.8 Å². The molecule has 0 unspecified atom stereocenters. The molecule has 2 aliphatic carbocycles. The van der Waals surface area contributed by atoms with Crippen LogP contribution in [-0.2, 0) is 59.0 Å². The number of rotatable bonds is 24. The van der Waals surface area contributed by atoms with Crippen LogP contribution in [0.15, 0.2) is 18.2 Å². The molecular formula is C55H73N7O20. The van der Waals surface area contributed by atoms with Gasteiger partial charge in [0.15, 0.2) is 17.9 Å². The van der Waals surface area contributed by atoms with Crippen LogP contribution in [-0.4, -0.2) is 188 Å². The average molecular weight is 1150 g/mol. The van der Waals surface area contributed by atoms with Crippen molar-refractivity contribution in [3.63, 3.8) is 0 Å². The number of benzene rings is 2. The minimum absolute atomic E-state index is 0.00993. The molecule has 27 heteroatoms. The number of nitrogens with zero attached hydrogens (tertiary/aromatic N) is 1. The van der Waals surface area contributed by atoms with Gasteiger partial charge < -0.3 is 81.7 Å². The lowest BCUT2D eigenvalue weighted by Crippen LogP contribution is -2.60. The summed E-state index contributed by atoms with van der Waals surface area (Å²) in [6.07, 6.45) is -7.93. The van der Waals surface area contributed by atoms with E-state index in [2.05, 4.69) is 31.9 Å². The van der Waals surface area contributed by atoms with Crippen LogP contribution in [0.1, 0.15) is 142 Å². The number of aliphatic hydroxyl groups is 3. The van der Waals surface area contributed by atoms with Gasteiger partial charge in [-0.3, -0.25) is 52.7 Å². The van der Waals surface area contributed by atoms with E-state index in [4.69, 9.17) is 14.2 Å². The zero-order chi connectivity index (χ0) is 60.7. The van der Waals surface area contributed by atoms with Crippen LogP contribution < -0.4 is 36.6 Å². The minimum atomic E-state index is -2.49. The van der Waals surface area contributed by atoms with Gasteiger partial charge in [0.25, 0.3) is 0 Å². The Labute approximate surface area is 471 Å². The first-order valence-corrected chi connectivity index (χ1v) is 27.1. The predicted octanol–water partition coefficient (Wildman–Crippen LogP) is -1.19. The summed E-state index contributed by atoms with van der Waals surface area (Å²) < 4.78 is 17.6. The predicted molar refractivity (Wildman–Crippen MR) is 284 cm³/mol. The maximum Gasteiger partial charge on any atom is 0.303 e. The van der Waals surface area contributed by atoms with Gasteiger partial charge in [0, 0.05) is 55.8 Å². The fraction of sp³-hybridized carbons (Fsp3) is 0.582. The van der Waals surface area contributed by atoms with E-state index < -0.39 is 193 Å². The van der Waals surface area contributed by atoms with Crippen molar-refractivity contribution < 1.29 is 97.6 Å². The molecule has 0 bridgehead atoms. The summed E-state index contributed by atoms with van der Waals surface area (Å²) in [4.78, 5) is 147. The molecule has 2 aromatic rings. The Bertz CT molecular complexity index is 2860. The number of methoxy groups -OCH3 is 1. The summed E-state index contributed by atoms with van der Waals surface area (Å²) in [6, 6.07) is -2.17. The first kappa shape index (κ1) is 63.6. The number of nitrogens with one attached hydrogen (secondary N) is 6. The molecule has 0 aromatic heterocycles. The number of ketones is 3. The highest BCUT2D eigenvalue weighted by Gasteiger charge is 2.51. The number of phenols is 2. The first-order valence-electron chi connectivity index (χ1n) is 27.1. The monoisotopic (exact) mass is 1150 g/mol. The summed E-state index contributed by atoms with van der Waals surface area (Å²) in [6.45, 7) is 7.83. The van der Waals surface area contributed by atoms with E-state index >= 15 is 0 Å². The highest BCUT2D eigenvalue weighted by molar-refractivity contribution is 6.31. The van der Waals surface area contributed by atoms with Gasteiger partial charge in [0.2, 0.25) is 47.1 Å². The van der Waals surface area contributed by atoms with Gasteiger partial charge in [0.1, 0.15) is 59.7 Å². The zero-order valence-corrected chi connectivity index (χ0v) is 46.6. The van der Waals surface area contributed by atoms with Crippen LogP contribution in [0.5, 0.6) is 17.2 Å². The Morgan fingerprint density at radius 2 is 1.50 bits per heavy atom. The van der Waals surface area contributed by atoms with E-state index in [1.165, 1.54) is 44.1 Å². The normalized spacial score (nSPS) is 23.0. The largest absolute Gasteiger partial charge is 0.507 e. The number of amides is 7. The molecule has 2 saturated heterocycles. The topological polar surface area (TPSA) is 412 Å². The van der Waals surface area contributed by atoms with Gasteiger partial charge in [-0.2, -0.15) is 0 Å². The van der Waals surface area contributed by atoms with Crippen molar-refractivity contribution in [2.75, 3.05) is 33.4 Å². The number of aromatic hydroxyl groups is 2. The molecule has 82 heavy (non-hydrogen) atoms. The number of likely N-dealkylation sites (tertiary alicyclic amines) is 1. The molecule has 10 atom stereocenters. The number of fused-ring (bicyclic) bond motifs is 3. The minimum Gasteiger partial charge on any atom is -0.507 e. The Hall–Kier alpha value is -7.59. The second-order valence-electron chi connectivity index (χ2n) is 21.9.